The second-order valence-corrected chi connectivity index (χ2v) is 7.20. The highest BCUT2D eigenvalue weighted by molar-refractivity contribution is 7.09. The molecule has 1 aliphatic heterocycles. The highest BCUT2D eigenvalue weighted by atomic mass is 32.1. The second-order valence-electron chi connectivity index (χ2n) is 6.17. The van der Waals surface area contributed by atoms with Gasteiger partial charge in [-0.3, -0.25) is 4.99 Å². The fraction of sp³-hybridized carbons (Fsp3) is 0.421. The van der Waals surface area contributed by atoms with Crippen LogP contribution >= 0.6 is 11.3 Å². The maximum Gasteiger partial charge on any atom is 0.191 e. The molecule has 0 radical (unpaired) electrons. The van der Waals surface area contributed by atoms with E-state index in [1.807, 2.05) is 7.05 Å². The molecule has 128 valence electrons. The van der Waals surface area contributed by atoms with Crippen molar-refractivity contribution in [1.82, 2.24) is 10.6 Å². The number of hydrogen-bond acceptors (Lipinski definition) is 3. The molecule has 2 aromatic rings. The van der Waals surface area contributed by atoms with Crippen molar-refractivity contribution in [1.29, 1.82) is 0 Å². The third-order valence-corrected chi connectivity index (χ3v) is 5.36. The molecule has 2 heterocycles. The van der Waals surface area contributed by atoms with Gasteiger partial charge in [0.05, 0.1) is 0 Å². The summed E-state index contributed by atoms with van der Waals surface area (Å²) in [7, 11) is 4.00. The third-order valence-electron chi connectivity index (χ3n) is 4.42. The summed E-state index contributed by atoms with van der Waals surface area (Å²) in [6.45, 7) is 2.86. The van der Waals surface area contributed by atoms with Crippen molar-refractivity contribution in [3.8, 4) is 0 Å². The van der Waals surface area contributed by atoms with E-state index in [2.05, 4.69) is 63.3 Å². The van der Waals surface area contributed by atoms with E-state index in [4.69, 9.17) is 0 Å². The molecule has 0 amide bonds. The molecule has 2 N–H and O–H groups in total. The molecule has 1 aliphatic rings. The molecule has 3 rings (SSSR count). The van der Waals surface area contributed by atoms with Gasteiger partial charge in [-0.15, -0.1) is 11.3 Å². The molecular weight excluding hydrogens is 316 g/mol. The SMILES string of the molecule is CN=C(NCCc1cccs1)NCc1ccc2c(c1)CCCN2C. The maximum absolute atomic E-state index is 4.31. The molecule has 5 heteroatoms. The van der Waals surface area contributed by atoms with Crippen molar-refractivity contribution in [3.05, 3.63) is 51.7 Å². The van der Waals surface area contributed by atoms with E-state index in [-0.39, 0.29) is 0 Å². The van der Waals surface area contributed by atoms with Gasteiger partial charge in [-0.2, -0.15) is 0 Å². The molecule has 1 aromatic carbocycles. The van der Waals surface area contributed by atoms with Crippen LogP contribution in [0.15, 0.2) is 40.7 Å². The van der Waals surface area contributed by atoms with E-state index in [9.17, 15) is 0 Å². The number of aliphatic imine (C=N–C) groups is 1. The highest BCUT2D eigenvalue weighted by Crippen LogP contribution is 2.26. The largest absolute Gasteiger partial charge is 0.374 e. The summed E-state index contributed by atoms with van der Waals surface area (Å²) in [5.74, 6) is 0.862. The minimum Gasteiger partial charge on any atom is -0.374 e. The second kappa shape index (κ2) is 8.20. The number of aryl methyl sites for hydroxylation is 1. The number of anilines is 1. The van der Waals surface area contributed by atoms with Crippen LogP contribution in [0.3, 0.4) is 0 Å². The van der Waals surface area contributed by atoms with E-state index in [0.29, 0.717) is 0 Å². The van der Waals surface area contributed by atoms with Crippen molar-refractivity contribution in [3.63, 3.8) is 0 Å². The van der Waals surface area contributed by atoms with Gasteiger partial charge in [-0.05, 0) is 47.9 Å². The molecule has 0 saturated carbocycles. The zero-order valence-electron chi connectivity index (χ0n) is 14.5. The molecule has 0 aliphatic carbocycles. The Kier molecular flexibility index (Phi) is 5.75. The van der Waals surface area contributed by atoms with E-state index < -0.39 is 0 Å². The third kappa shape index (κ3) is 4.29. The van der Waals surface area contributed by atoms with Crippen LogP contribution in [0.1, 0.15) is 22.4 Å². The lowest BCUT2D eigenvalue weighted by molar-refractivity contribution is 0.740. The first-order valence-corrected chi connectivity index (χ1v) is 9.44. The van der Waals surface area contributed by atoms with Crippen LogP contribution < -0.4 is 15.5 Å². The quantitative estimate of drug-likeness (QED) is 0.648. The highest BCUT2D eigenvalue weighted by Gasteiger charge is 2.13. The summed E-state index contributed by atoms with van der Waals surface area (Å²) < 4.78 is 0. The van der Waals surface area contributed by atoms with Crippen LogP contribution in [0.4, 0.5) is 5.69 Å². The number of nitrogens with one attached hydrogen (secondary N) is 2. The Hall–Kier alpha value is -2.01. The van der Waals surface area contributed by atoms with Crippen molar-refractivity contribution >= 4 is 23.0 Å². The van der Waals surface area contributed by atoms with Crippen molar-refractivity contribution < 1.29 is 0 Å². The predicted molar refractivity (Wildman–Crippen MR) is 104 cm³/mol. The summed E-state index contributed by atoms with van der Waals surface area (Å²) in [5.41, 5.74) is 4.15. The van der Waals surface area contributed by atoms with Crippen LogP contribution in [0, 0.1) is 0 Å². The zero-order chi connectivity index (χ0) is 16.8. The van der Waals surface area contributed by atoms with E-state index in [1.165, 1.54) is 34.5 Å². The number of rotatable bonds is 5. The first-order chi connectivity index (χ1) is 11.8. The zero-order valence-corrected chi connectivity index (χ0v) is 15.3. The summed E-state index contributed by atoms with van der Waals surface area (Å²) in [5, 5.41) is 8.92. The standard InChI is InChI=1S/C19H26N4S/c1-20-19(21-10-9-17-6-4-12-24-17)22-14-15-7-8-18-16(13-15)5-3-11-23(18)2/h4,6-8,12-13H,3,5,9-11,14H2,1-2H3,(H2,20,21,22). The molecular formula is C19H26N4S. The summed E-state index contributed by atoms with van der Waals surface area (Å²) in [4.78, 5) is 8.06. The summed E-state index contributed by atoms with van der Waals surface area (Å²) in [6, 6.07) is 11.1. The van der Waals surface area contributed by atoms with E-state index in [1.54, 1.807) is 11.3 Å². The van der Waals surface area contributed by atoms with Gasteiger partial charge in [0.2, 0.25) is 0 Å². The molecule has 0 unspecified atom stereocenters. The smallest absolute Gasteiger partial charge is 0.191 e. The van der Waals surface area contributed by atoms with Gasteiger partial charge in [-0.25, -0.2) is 0 Å². The normalized spacial score (nSPS) is 14.4. The molecule has 0 fully saturated rings. The van der Waals surface area contributed by atoms with Crippen molar-refractivity contribution in [2.45, 2.75) is 25.8 Å². The molecule has 4 nitrogen and oxygen atoms in total. The lowest BCUT2D eigenvalue weighted by Gasteiger charge is -2.28. The Labute approximate surface area is 148 Å². The average Bonchev–Trinajstić information content (AvgIpc) is 3.11. The number of fused-ring (bicyclic) bond motifs is 1. The number of thiophene rings is 1. The van der Waals surface area contributed by atoms with Gasteiger partial charge in [0.15, 0.2) is 5.96 Å². The maximum atomic E-state index is 4.31. The van der Waals surface area contributed by atoms with Crippen LogP contribution in [0.5, 0.6) is 0 Å². The first-order valence-electron chi connectivity index (χ1n) is 8.56. The Bertz CT molecular complexity index is 679. The Morgan fingerprint density at radius 1 is 1.29 bits per heavy atom. The average molecular weight is 343 g/mol. The minimum atomic E-state index is 0.801. The Balaban J connectivity index is 1.50. The first kappa shape index (κ1) is 16.8. The summed E-state index contributed by atoms with van der Waals surface area (Å²) >= 11 is 1.80. The molecule has 0 bridgehead atoms. The molecule has 0 atom stereocenters. The number of benzene rings is 1. The van der Waals surface area contributed by atoms with Crippen molar-refractivity contribution in [2.75, 3.05) is 32.1 Å². The molecule has 0 spiro atoms. The van der Waals surface area contributed by atoms with Crippen LogP contribution in [0.2, 0.25) is 0 Å². The van der Waals surface area contributed by atoms with Crippen LogP contribution in [-0.2, 0) is 19.4 Å². The topological polar surface area (TPSA) is 39.7 Å². The van der Waals surface area contributed by atoms with Gasteiger partial charge >= 0.3 is 0 Å². The van der Waals surface area contributed by atoms with Crippen LogP contribution in [0.25, 0.3) is 0 Å². The molecule has 0 saturated heterocycles. The van der Waals surface area contributed by atoms with Gasteiger partial charge in [0.1, 0.15) is 0 Å². The minimum absolute atomic E-state index is 0.801. The number of guanidine groups is 1. The van der Waals surface area contributed by atoms with Gasteiger partial charge < -0.3 is 15.5 Å². The lowest BCUT2D eigenvalue weighted by atomic mass is 9.99. The lowest BCUT2D eigenvalue weighted by Crippen LogP contribution is -2.37. The monoisotopic (exact) mass is 342 g/mol. The van der Waals surface area contributed by atoms with E-state index >= 15 is 0 Å². The fourth-order valence-corrected chi connectivity index (χ4v) is 3.82. The Morgan fingerprint density at radius 3 is 3.00 bits per heavy atom. The fourth-order valence-electron chi connectivity index (χ4n) is 3.11. The van der Waals surface area contributed by atoms with Gasteiger partial charge in [0, 0.05) is 44.3 Å². The van der Waals surface area contributed by atoms with Gasteiger partial charge in [-0.1, -0.05) is 18.2 Å². The molecule has 1 aromatic heterocycles. The molecule has 24 heavy (non-hydrogen) atoms. The Morgan fingerprint density at radius 2 is 2.21 bits per heavy atom. The number of nitrogens with zero attached hydrogens (tertiary/aromatic N) is 2. The van der Waals surface area contributed by atoms with Crippen LogP contribution in [-0.4, -0.2) is 33.1 Å². The van der Waals surface area contributed by atoms with Gasteiger partial charge in [0.25, 0.3) is 0 Å². The van der Waals surface area contributed by atoms with E-state index in [0.717, 1.165) is 32.0 Å². The number of hydrogen-bond donors (Lipinski definition) is 2. The summed E-state index contributed by atoms with van der Waals surface area (Å²) in [6.07, 6.45) is 3.46. The predicted octanol–water partition coefficient (Wildman–Crippen LogP) is 3.04. The van der Waals surface area contributed by atoms with Crippen molar-refractivity contribution in [2.24, 2.45) is 4.99 Å².